The molecule has 0 aliphatic rings. The van der Waals surface area contributed by atoms with Crippen LogP contribution >= 0.6 is 0 Å². The summed E-state index contributed by atoms with van der Waals surface area (Å²) in [6.45, 7) is 7.71. The molecule has 0 aliphatic carbocycles. The molecule has 0 radical (unpaired) electrons. The third-order valence-corrected chi connectivity index (χ3v) is 2.86. The van der Waals surface area contributed by atoms with Gasteiger partial charge in [-0.25, -0.2) is 0 Å². The topological polar surface area (TPSA) is 83.6 Å². The molecule has 0 saturated heterocycles. The van der Waals surface area contributed by atoms with E-state index >= 15 is 0 Å². The highest BCUT2D eigenvalue weighted by Crippen LogP contribution is 2.16. The van der Waals surface area contributed by atoms with Gasteiger partial charge in [-0.2, -0.15) is 0 Å². The van der Waals surface area contributed by atoms with Crippen molar-refractivity contribution in [2.24, 2.45) is 5.73 Å². The molecule has 5 nitrogen and oxygen atoms in total. The lowest BCUT2D eigenvalue weighted by molar-refractivity contribution is -0.142. The summed E-state index contributed by atoms with van der Waals surface area (Å²) in [6, 6.07) is -0.329. The number of hydrogen-bond donors (Lipinski definition) is 2. The standard InChI is InChI=1S/C12H24N2O3/c1-5-7-12(4,13)11(17)14(6-2)9(3)8-10(15)16/h9H,5-8,13H2,1-4H3,(H,15,16). The molecule has 0 aromatic rings. The number of likely N-dealkylation sites (N-methyl/N-ethyl adjacent to an activating group) is 1. The second kappa shape index (κ2) is 6.59. The quantitative estimate of drug-likeness (QED) is 0.705. The van der Waals surface area contributed by atoms with Crippen molar-refractivity contribution in [2.45, 2.75) is 58.5 Å². The first-order valence-corrected chi connectivity index (χ1v) is 6.08. The first kappa shape index (κ1) is 15.9. The van der Waals surface area contributed by atoms with Crippen molar-refractivity contribution in [1.82, 2.24) is 4.90 Å². The van der Waals surface area contributed by atoms with E-state index in [0.29, 0.717) is 13.0 Å². The van der Waals surface area contributed by atoms with Crippen molar-refractivity contribution in [3.63, 3.8) is 0 Å². The molecular formula is C12H24N2O3. The van der Waals surface area contributed by atoms with Gasteiger partial charge >= 0.3 is 5.97 Å². The number of carbonyl (C=O) groups is 2. The molecule has 0 fully saturated rings. The zero-order chi connectivity index (χ0) is 13.6. The number of aliphatic carboxylic acids is 1. The Balaban J connectivity index is 4.75. The Morgan fingerprint density at radius 3 is 2.29 bits per heavy atom. The molecule has 2 atom stereocenters. The van der Waals surface area contributed by atoms with Crippen molar-refractivity contribution in [2.75, 3.05) is 6.54 Å². The molecule has 100 valence electrons. The van der Waals surface area contributed by atoms with Crippen LogP contribution in [0, 0.1) is 0 Å². The molecule has 3 N–H and O–H groups in total. The van der Waals surface area contributed by atoms with Gasteiger partial charge in [0.15, 0.2) is 0 Å². The van der Waals surface area contributed by atoms with Crippen LogP contribution in [-0.2, 0) is 9.59 Å². The average molecular weight is 244 g/mol. The molecule has 5 heteroatoms. The van der Waals surface area contributed by atoms with Crippen LogP contribution in [0.1, 0.15) is 47.0 Å². The fraction of sp³-hybridized carbons (Fsp3) is 0.833. The molecular weight excluding hydrogens is 220 g/mol. The maximum atomic E-state index is 12.2. The molecule has 17 heavy (non-hydrogen) atoms. The van der Waals surface area contributed by atoms with Gasteiger partial charge in [0.25, 0.3) is 0 Å². The summed E-state index contributed by atoms with van der Waals surface area (Å²) in [5.41, 5.74) is 5.07. The molecule has 1 amide bonds. The minimum atomic E-state index is -0.905. The van der Waals surface area contributed by atoms with Crippen LogP contribution in [-0.4, -0.2) is 40.0 Å². The highest BCUT2D eigenvalue weighted by molar-refractivity contribution is 5.86. The monoisotopic (exact) mass is 244 g/mol. The molecule has 0 rings (SSSR count). The zero-order valence-corrected chi connectivity index (χ0v) is 11.2. The SMILES string of the molecule is CCCC(C)(N)C(=O)N(CC)C(C)CC(=O)O. The third-order valence-electron chi connectivity index (χ3n) is 2.86. The summed E-state index contributed by atoms with van der Waals surface area (Å²) in [5, 5.41) is 8.75. The van der Waals surface area contributed by atoms with E-state index in [1.54, 1.807) is 18.7 Å². The van der Waals surface area contributed by atoms with E-state index < -0.39 is 11.5 Å². The fourth-order valence-electron chi connectivity index (χ4n) is 1.97. The van der Waals surface area contributed by atoms with Gasteiger partial charge in [-0.15, -0.1) is 0 Å². The van der Waals surface area contributed by atoms with E-state index in [1.165, 1.54) is 0 Å². The minimum Gasteiger partial charge on any atom is -0.481 e. The van der Waals surface area contributed by atoms with Crippen LogP contribution in [0.25, 0.3) is 0 Å². The lowest BCUT2D eigenvalue weighted by Gasteiger charge is -2.34. The lowest BCUT2D eigenvalue weighted by atomic mass is 9.94. The zero-order valence-electron chi connectivity index (χ0n) is 11.2. The number of carboxylic acids is 1. The number of hydrogen-bond acceptors (Lipinski definition) is 3. The van der Waals surface area contributed by atoms with Gasteiger partial charge < -0.3 is 15.7 Å². The van der Waals surface area contributed by atoms with E-state index in [9.17, 15) is 9.59 Å². The highest BCUT2D eigenvalue weighted by Gasteiger charge is 2.33. The second-order valence-electron chi connectivity index (χ2n) is 4.71. The Morgan fingerprint density at radius 1 is 1.41 bits per heavy atom. The van der Waals surface area contributed by atoms with Crippen molar-refractivity contribution in [3.05, 3.63) is 0 Å². The van der Waals surface area contributed by atoms with Crippen molar-refractivity contribution < 1.29 is 14.7 Å². The molecule has 0 aromatic heterocycles. The predicted octanol–water partition coefficient (Wildman–Crippen LogP) is 1.22. The van der Waals surface area contributed by atoms with Gasteiger partial charge in [0, 0.05) is 12.6 Å². The molecule has 0 heterocycles. The molecule has 0 saturated carbocycles. The Morgan fingerprint density at radius 2 is 1.94 bits per heavy atom. The molecule has 2 unspecified atom stereocenters. The van der Waals surface area contributed by atoms with Gasteiger partial charge in [-0.3, -0.25) is 9.59 Å². The van der Waals surface area contributed by atoms with Crippen LogP contribution in [0.4, 0.5) is 0 Å². The van der Waals surface area contributed by atoms with Crippen LogP contribution in [0.15, 0.2) is 0 Å². The van der Waals surface area contributed by atoms with Gasteiger partial charge in [-0.05, 0) is 27.2 Å². The number of nitrogens with zero attached hydrogens (tertiary/aromatic N) is 1. The van der Waals surface area contributed by atoms with Crippen LogP contribution in [0.5, 0.6) is 0 Å². The first-order chi connectivity index (χ1) is 7.76. The normalized spacial score (nSPS) is 16.1. The van der Waals surface area contributed by atoms with E-state index in [2.05, 4.69) is 0 Å². The summed E-state index contributed by atoms with van der Waals surface area (Å²) in [7, 11) is 0. The second-order valence-corrected chi connectivity index (χ2v) is 4.71. The van der Waals surface area contributed by atoms with Gasteiger partial charge in [0.05, 0.1) is 12.0 Å². The smallest absolute Gasteiger partial charge is 0.305 e. The van der Waals surface area contributed by atoms with Crippen LogP contribution in [0.2, 0.25) is 0 Å². The van der Waals surface area contributed by atoms with Crippen LogP contribution in [0.3, 0.4) is 0 Å². The largest absolute Gasteiger partial charge is 0.481 e. The molecule has 0 aromatic carbocycles. The molecule has 0 spiro atoms. The Kier molecular flexibility index (Phi) is 6.16. The van der Waals surface area contributed by atoms with Crippen molar-refractivity contribution in [1.29, 1.82) is 0 Å². The van der Waals surface area contributed by atoms with Gasteiger partial charge in [0.1, 0.15) is 0 Å². The summed E-state index contributed by atoms with van der Waals surface area (Å²) in [4.78, 5) is 24.4. The number of rotatable bonds is 7. The first-order valence-electron chi connectivity index (χ1n) is 6.08. The lowest BCUT2D eigenvalue weighted by Crippen LogP contribution is -2.55. The summed E-state index contributed by atoms with van der Waals surface area (Å²) >= 11 is 0. The maximum Gasteiger partial charge on any atom is 0.305 e. The Hall–Kier alpha value is -1.10. The number of amides is 1. The van der Waals surface area contributed by atoms with Crippen molar-refractivity contribution >= 4 is 11.9 Å². The van der Waals surface area contributed by atoms with E-state index in [0.717, 1.165) is 6.42 Å². The number of carboxylic acid groups (broad SMARTS) is 1. The van der Waals surface area contributed by atoms with E-state index in [4.69, 9.17) is 10.8 Å². The summed E-state index contributed by atoms with van der Waals surface area (Å²) < 4.78 is 0. The Bertz CT molecular complexity index is 277. The Labute approximate surface area is 103 Å². The molecule has 0 bridgehead atoms. The van der Waals surface area contributed by atoms with Gasteiger partial charge in [-0.1, -0.05) is 13.3 Å². The predicted molar refractivity (Wildman–Crippen MR) is 66.6 cm³/mol. The summed E-state index contributed by atoms with van der Waals surface area (Å²) in [5.74, 6) is -1.08. The van der Waals surface area contributed by atoms with Crippen molar-refractivity contribution in [3.8, 4) is 0 Å². The molecule has 0 aliphatic heterocycles. The minimum absolute atomic E-state index is 0.0538. The van der Waals surface area contributed by atoms with Gasteiger partial charge in [0.2, 0.25) is 5.91 Å². The average Bonchev–Trinajstić information content (AvgIpc) is 2.17. The number of carbonyl (C=O) groups excluding carboxylic acids is 1. The fourth-order valence-corrected chi connectivity index (χ4v) is 1.97. The third kappa shape index (κ3) is 4.73. The summed E-state index contributed by atoms with van der Waals surface area (Å²) in [6.07, 6.45) is 1.37. The highest BCUT2D eigenvalue weighted by atomic mass is 16.4. The van der Waals surface area contributed by atoms with Crippen LogP contribution < -0.4 is 5.73 Å². The van der Waals surface area contributed by atoms with E-state index in [1.807, 2.05) is 13.8 Å². The number of nitrogens with two attached hydrogens (primary N) is 1. The van der Waals surface area contributed by atoms with E-state index in [-0.39, 0.29) is 18.4 Å². The maximum absolute atomic E-state index is 12.2.